The molecule has 0 aromatic rings. The molecule has 2 aliphatic carbocycles. The van der Waals surface area contributed by atoms with Gasteiger partial charge < -0.3 is 8.85 Å². The first-order valence-electron chi connectivity index (χ1n) is 14.1. The molecule has 0 N–H and O–H groups in total. The Bertz CT molecular complexity index is 724. The van der Waals surface area contributed by atoms with Crippen LogP contribution in [0.25, 0.3) is 0 Å². The quantitative estimate of drug-likeness (QED) is 0.217. The summed E-state index contributed by atoms with van der Waals surface area (Å²) in [6.07, 6.45) is 17.3. The van der Waals surface area contributed by atoms with E-state index in [4.69, 9.17) is 15.3 Å². The van der Waals surface area contributed by atoms with E-state index >= 15 is 0 Å². The molecule has 0 aromatic heterocycles. The molecular weight excluding hydrogens is 449 g/mol. The Morgan fingerprint density at radius 1 is 0.941 bits per heavy atom. The van der Waals surface area contributed by atoms with Crippen molar-refractivity contribution in [2.75, 3.05) is 0 Å². The van der Waals surface area contributed by atoms with E-state index in [9.17, 15) is 0 Å². The Balaban J connectivity index is 2.18. The molecule has 0 saturated heterocycles. The van der Waals surface area contributed by atoms with Gasteiger partial charge in [-0.05, 0) is 113 Å². The summed E-state index contributed by atoms with van der Waals surface area (Å²) in [6, 6.07) is 0. The van der Waals surface area contributed by atoms with Gasteiger partial charge in [0, 0.05) is 12.5 Å². The second-order valence-corrected chi connectivity index (χ2v) is 24.6. The van der Waals surface area contributed by atoms with Crippen LogP contribution in [-0.2, 0) is 8.85 Å². The van der Waals surface area contributed by atoms with Crippen LogP contribution in [0, 0.1) is 35.0 Å². The lowest BCUT2D eigenvalue weighted by atomic mass is 9.56. The average molecular weight is 507 g/mol. The fourth-order valence-electron chi connectivity index (χ4n) is 7.38. The maximum atomic E-state index is 7.10. The standard InChI is InChI=1S/C30H58O2Si2/c1-14-20-29(7,22-16-21-28(5,6)32-33(9,10)11)26-19-18-24-25(17-15-23-30(24,26)8)31-34(12,13)27(2,3)4/h1,24-26H,15-23H2,2-13H3/t24?,25-,26+,29?,30-/m0/s1. The van der Waals surface area contributed by atoms with Crippen LogP contribution in [0.3, 0.4) is 0 Å². The molecule has 0 radical (unpaired) electrons. The van der Waals surface area contributed by atoms with Crippen LogP contribution >= 0.6 is 0 Å². The number of hydrogen-bond donors (Lipinski definition) is 0. The van der Waals surface area contributed by atoms with Crippen molar-refractivity contribution in [1.82, 2.24) is 0 Å². The van der Waals surface area contributed by atoms with Crippen molar-refractivity contribution in [3.8, 4) is 12.3 Å². The van der Waals surface area contributed by atoms with E-state index in [0.717, 1.165) is 12.8 Å². The highest BCUT2D eigenvalue weighted by Crippen LogP contribution is 2.63. The van der Waals surface area contributed by atoms with E-state index in [2.05, 4.69) is 87.1 Å². The van der Waals surface area contributed by atoms with E-state index in [1.54, 1.807) is 0 Å². The SMILES string of the molecule is C#CCC(C)(CCCC(C)(C)O[Si](C)(C)C)[C@H]1CCC2[C@@H](O[Si](C)(C)C(C)(C)C)CCC[C@@]21C. The largest absolute Gasteiger partial charge is 0.414 e. The van der Waals surface area contributed by atoms with Gasteiger partial charge in [0.1, 0.15) is 0 Å². The zero-order chi connectivity index (χ0) is 26.2. The summed E-state index contributed by atoms with van der Waals surface area (Å²) >= 11 is 0. The van der Waals surface area contributed by atoms with Crippen molar-refractivity contribution in [2.45, 2.75) is 156 Å². The van der Waals surface area contributed by atoms with Gasteiger partial charge in [-0.1, -0.05) is 47.5 Å². The lowest BCUT2D eigenvalue weighted by Gasteiger charge is -2.52. The van der Waals surface area contributed by atoms with Crippen LogP contribution in [0.15, 0.2) is 0 Å². The van der Waals surface area contributed by atoms with Crippen LogP contribution in [0.4, 0.5) is 0 Å². The lowest BCUT2D eigenvalue weighted by Crippen LogP contribution is -2.51. The topological polar surface area (TPSA) is 18.5 Å². The van der Waals surface area contributed by atoms with Crippen molar-refractivity contribution >= 4 is 16.6 Å². The van der Waals surface area contributed by atoms with E-state index in [-0.39, 0.29) is 16.1 Å². The second kappa shape index (κ2) is 10.3. The second-order valence-electron chi connectivity index (χ2n) is 15.4. The zero-order valence-corrected chi connectivity index (χ0v) is 27.0. The molecule has 198 valence electrons. The first-order chi connectivity index (χ1) is 15.3. The summed E-state index contributed by atoms with van der Waals surface area (Å²) in [5.41, 5.74) is 0.504. The molecular formula is C30H58O2Si2. The van der Waals surface area contributed by atoms with Gasteiger partial charge in [0.05, 0.1) is 5.60 Å². The molecule has 0 aromatic carbocycles. The molecule has 2 aliphatic rings. The van der Waals surface area contributed by atoms with E-state index < -0.39 is 16.6 Å². The lowest BCUT2D eigenvalue weighted by molar-refractivity contribution is -0.0441. The minimum atomic E-state index is -1.77. The van der Waals surface area contributed by atoms with E-state index in [1.165, 1.54) is 44.9 Å². The smallest absolute Gasteiger partial charge is 0.192 e. The summed E-state index contributed by atoms with van der Waals surface area (Å²) in [7, 11) is -3.32. The van der Waals surface area contributed by atoms with Gasteiger partial charge in [-0.2, -0.15) is 0 Å². The van der Waals surface area contributed by atoms with Gasteiger partial charge in [0.15, 0.2) is 16.6 Å². The van der Waals surface area contributed by atoms with Crippen molar-refractivity contribution in [1.29, 1.82) is 0 Å². The summed E-state index contributed by atoms with van der Waals surface area (Å²) in [4.78, 5) is 0. The number of terminal acetylenes is 1. The normalized spacial score (nSPS) is 30.5. The molecule has 2 unspecified atom stereocenters. The van der Waals surface area contributed by atoms with Gasteiger partial charge in [-0.3, -0.25) is 0 Å². The van der Waals surface area contributed by atoms with Gasteiger partial charge >= 0.3 is 0 Å². The highest BCUT2D eigenvalue weighted by atomic mass is 28.4. The Kier molecular flexibility index (Phi) is 9.17. The molecule has 2 fully saturated rings. The highest BCUT2D eigenvalue weighted by Gasteiger charge is 2.57. The number of hydrogen-bond acceptors (Lipinski definition) is 2. The molecule has 2 nitrogen and oxygen atoms in total. The fraction of sp³-hybridized carbons (Fsp3) is 0.933. The molecule has 0 spiro atoms. The molecule has 2 rings (SSSR count). The van der Waals surface area contributed by atoms with Crippen molar-refractivity contribution in [3.05, 3.63) is 0 Å². The summed E-state index contributed by atoms with van der Waals surface area (Å²) < 4.78 is 13.6. The average Bonchev–Trinajstić information content (AvgIpc) is 2.97. The fourth-order valence-corrected chi connectivity index (χ4v) is 10.5. The molecule has 34 heavy (non-hydrogen) atoms. The van der Waals surface area contributed by atoms with Crippen LogP contribution in [0.1, 0.15) is 106 Å². The maximum absolute atomic E-state index is 7.10. The first-order valence-corrected chi connectivity index (χ1v) is 20.4. The number of rotatable bonds is 10. The highest BCUT2D eigenvalue weighted by molar-refractivity contribution is 6.74. The van der Waals surface area contributed by atoms with Gasteiger partial charge in [-0.15, -0.1) is 12.3 Å². The zero-order valence-electron chi connectivity index (χ0n) is 25.0. The molecule has 0 aliphatic heterocycles. The minimum Gasteiger partial charge on any atom is -0.414 e. The third kappa shape index (κ3) is 7.02. The van der Waals surface area contributed by atoms with Crippen LogP contribution in [0.5, 0.6) is 0 Å². The van der Waals surface area contributed by atoms with Crippen LogP contribution in [0.2, 0.25) is 37.8 Å². The Morgan fingerprint density at radius 3 is 2.09 bits per heavy atom. The van der Waals surface area contributed by atoms with Gasteiger partial charge in [-0.25, -0.2) is 0 Å². The summed E-state index contributed by atoms with van der Waals surface area (Å²) in [6.45, 7) is 28.5. The monoisotopic (exact) mass is 506 g/mol. The maximum Gasteiger partial charge on any atom is 0.192 e. The third-order valence-electron chi connectivity index (χ3n) is 9.77. The predicted octanol–water partition coefficient (Wildman–Crippen LogP) is 9.42. The Morgan fingerprint density at radius 2 is 1.56 bits per heavy atom. The molecule has 0 bridgehead atoms. The van der Waals surface area contributed by atoms with Gasteiger partial charge in [0.2, 0.25) is 0 Å². The predicted molar refractivity (Wildman–Crippen MR) is 154 cm³/mol. The van der Waals surface area contributed by atoms with Crippen LogP contribution < -0.4 is 0 Å². The molecule has 2 saturated carbocycles. The molecule has 0 amide bonds. The minimum absolute atomic E-state index is 0.0451. The first kappa shape index (κ1) is 30.1. The van der Waals surface area contributed by atoms with E-state index in [1.807, 2.05) is 0 Å². The van der Waals surface area contributed by atoms with Gasteiger partial charge in [0.25, 0.3) is 0 Å². The third-order valence-corrected chi connectivity index (χ3v) is 15.4. The molecule has 4 heteroatoms. The number of fused-ring (bicyclic) bond motifs is 1. The Labute approximate surface area is 216 Å². The van der Waals surface area contributed by atoms with Crippen molar-refractivity contribution in [2.24, 2.45) is 22.7 Å². The van der Waals surface area contributed by atoms with Crippen LogP contribution in [-0.4, -0.2) is 28.3 Å². The summed E-state index contributed by atoms with van der Waals surface area (Å²) in [5, 5.41) is 0.266. The summed E-state index contributed by atoms with van der Waals surface area (Å²) in [5.74, 6) is 4.48. The van der Waals surface area contributed by atoms with Crippen molar-refractivity contribution in [3.63, 3.8) is 0 Å². The molecule has 0 heterocycles. The molecule has 5 atom stereocenters. The van der Waals surface area contributed by atoms with E-state index in [0.29, 0.717) is 23.4 Å². The Hall–Kier alpha value is -0.0862. The van der Waals surface area contributed by atoms with Crippen molar-refractivity contribution < 1.29 is 8.85 Å².